The molecule has 3 aromatic rings. The van der Waals surface area contributed by atoms with Crippen LogP contribution in [-0.2, 0) is 22.2 Å². The molecule has 0 aromatic heterocycles. The average molecular weight is 496 g/mol. The summed E-state index contributed by atoms with van der Waals surface area (Å²) in [6.07, 6.45) is -3.05. The molecule has 9 heteroatoms. The lowest BCUT2D eigenvalue weighted by Gasteiger charge is -2.40. The normalized spacial score (nSPS) is 17.9. The minimum Gasteiger partial charge on any atom is -0.457 e. The fourth-order valence-corrected chi connectivity index (χ4v) is 4.26. The molecule has 0 fully saturated rings. The van der Waals surface area contributed by atoms with Crippen molar-refractivity contribution in [2.24, 2.45) is 16.9 Å². The molecule has 0 spiro atoms. The van der Waals surface area contributed by atoms with Gasteiger partial charge in [0, 0.05) is 24.0 Å². The van der Waals surface area contributed by atoms with Gasteiger partial charge in [0.15, 0.2) is 0 Å². The predicted octanol–water partition coefficient (Wildman–Crippen LogP) is 4.79. The summed E-state index contributed by atoms with van der Waals surface area (Å²) in [6.45, 7) is -0.0251. The van der Waals surface area contributed by atoms with E-state index in [1.807, 2.05) is 30.3 Å². The molecule has 2 amide bonds. The van der Waals surface area contributed by atoms with Gasteiger partial charge < -0.3 is 21.1 Å². The number of carbonyl (C=O) groups excluding carboxylic acids is 2. The zero-order chi connectivity index (χ0) is 25.9. The summed E-state index contributed by atoms with van der Waals surface area (Å²) in [5.74, 6) is -0.205. The number of rotatable bonds is 7. The van der Waals surface area contributed by atoms with Crippen molar-refractivity contribution in [3.63, 3.8) is 0 Å². The molecular weight excluding hydrogens is 471 g/mol. The van der Waals surface area contributed by atoms with Crippen LogP contribution in [0.5, 0.6) is 11.5 Å². The molecule has 36 heavy (non-hydrogen) atoms. The third kappa shape index (κ3) is 5.51. The molecule has 1 atom stereocenters. The van der Waals surface area contributed by atoms with Crippen molar-refractivity contribution in [1.82, 2.24) is 0 Å². The van der Waals surface area contributed by atoms with Crippen LogP contribution < -0.4 is 21.1 Å². The summed E-state index contributed by atoms with van der Waals surface area (Å²) >= 11 is 0. The first-order valence-corrected chi connectivity index (χ1v) is 11.1. The van der Waals surface area contributed by atoms with Gasteiger partial charge in [0.1, 0.15) is 11.5 Å². The lowest BCUT2D eigenvalue weighted by Crippen LogP contribution is -2.50. The number of halogens is 3. The minimum atomic E-state index is -4.55. The van der Waals surface area contributed by atoms with Gasteiger partial charge in [-0.3, -0.25) is 9.59 Å². The zero-order valence-electron chi connectivity index (χ0n) is 19.2. The maximum Gasteiger partial charge on any atom is 0.416 e. The van der Waals surface area contributed by atoms with E-state index in [1.54, 1.807) is 24.3 Å². The van der Waals surface area contributed by atoms with E-state index in [0.29, 0.717) is 11.5 Å². The first kappa shape index (κ1) is 24.8. The monoisotopic (exact) mass is 495 g/mol. The molecule has 1 aliphatic heterocycles. The van der Waals surface area contributed by atoms with Crippen molar-refractivity contribution in [2.75, 3.05) is 11.4 Å². The summed E-state index contributed by atoms with van der Waals surface area (Å²) in [4.78, 5) is 26.3. The number of nitrogens with zero attached hydrogens (tertiary/aromatic N) is 1. The van der Waals surface area contributed by atoms with E-state index in [2.05, 4.69) is 0 Å². The summed E-state index contributed by atoms with van der Waals surface area (Å²) in [7, 11) is 0. The molecule has 3 aromatic carbocycles. The highest BCUT2D eigenvalue weighted by atomic mass is 19.4. The Kier molecular flexibility index (Phi) is 6.74. The van der Waals surface area contributed by atoms with Crippen molar-refractivity contribution in [2.45, 2.75) is 19.0 Å². The lowest BCUT2D eigenvalue weighted by atomic mass is 9.73. The van der Waals surface area contributed by atoms with Crippen molar-refractivity contribution in [1.29, 1.82) is 0 Å². The molecule has 0 saturated carbocycles. The largest absolute Gasteiger partial charge is 0.457 e. The highest BCUT2D eigenvalue weighted by Crippen LogP contribution is 2.39. The van der Waals surface area contributed by atoms with Gasteiger partial charge in [0.2, 0.25) is 11.8 Å². The van der Waals surface area contributed by atoms with E-state index >= 15 is 0 Å². The number of nitrogens with two attached hydrogens (primary N) is 2. The first-order valence-electron chi connectivity index (χ1n) is 11.1. The van der Waals surface area contributed by atoms with E-state index in [9.17, 15) is 22.8 Å². The number of primary amides is 2. The molecule has 0 bridgehead atoms. The van der Waals surface area contributed by atoms with Gasteiger partial charge in [-0.25, -0.2) is 0 Å². The summed E-state index contributed by atoms with van der Waals surface area (Å²) in [5, 5.41) is 0. The molecule has 1 aliphatic rings. The molecule has 4 rings (SSSR count). The van der Waals surface area contributed by atoms with Gasteiger partial charge in [0.05, 0.1) is 11.0 Å². The topological polar surface area (TPSA) is 98.7 Å². The van der Waals surface area contributed by atoms with E-state index in [4.69, 9.17) is 16.2 Å². The molecular formula is C27H24F3N3O3. The number of alkyl halides is 3. The van der Waals surface area contributed by atoms with Gasteiger partial charge in [-0.1, -0.05) is 36.4 Å². The van der Waals surface area contributed by atoms with Gasteiger partial charge in [0.25, 0.3) is 0 Å². The van der Waals surface area contributed by atoms with E-state index in [0.717, 1.165) is 17.7 Å². The van der Waals surface area contributed by atoms with Crippen molar-refractivity contribution in [3.05, 3.63) is 102 Å². The number of ether oxygens (including phenoxy) is 1. The highest BCUT2D eigenvalue weighted by molar-refractivity contribution is 5.95. The standard InChI is InChI=1S/C27H24F3N3O3/c28-27(29,30)20-5-4-6-21(13-20)33-16-19(24(31)34)15-26(17-33,25(32)35)14-18-9-11-23(12-10-18)36-22-7-2-1-3-8-22/h1-13,16H,14-15,17H2,(H2,31,34)(H2,32,35). The van der Waals surface area contributed by atoms with Gasteiger partial charge in [-0.15, -0.1) is 0 Å². The van der Waals surface area contributed by atoms with Crippen LogP contribution >= 0.6 is 0 Å². The van der Waals surface area contributed by atoms with E-state index in [-0.39, 0.29) is 30.6 Å². The summed E-state index contributed by atoms with van der Waals surface area (Å²) in [5.41, 5.74) is 10.2. The Morgan fingerprint density at radius 2 is 1.58 bits per heavy atom. The van der Waals surface area contributed by atoms with Crippen LogP contribution in [0.25, 0.3) is 0 Å². The number of para-hydroxylation sites is 1. The Bertz CT molecular complexity index is 1290. The zero-order valence-corrected chi connectivity index (χ0v) is 19.2. The van der Waals surface area contributed by atoms with Crippen LogP contribution in [0.2, 0.25) is 0 Å². The van der Waals surface area contributed by atoms with Crippen LogP contribution in [0, 0.1) is 5.41 Å². The molecule has 4 N–H and O–H groups in total. The Hall–Kier alpha value is -4.27. The Morgan fingerprint density at radius 1 is 0.917 bits per heavy atom. The number of hydrogen-bond acceptors (Lipinski definition) is 4. The number of anilines is 1. The first-order chi connectivity index (χ1) is 17.1. The third-order valence-electron chi connectivity index (χ3n) is 6.10. The van der Waals surface area contributed by atoms with Crippen LogP contribution in [0.4, 0.5) is 18.9 Å². The Morgan fingerprint density at radius 3 is 2.19 bits per heavy atom. The minimum absolute atomic E-state index is 0.0251. The van der Waals surface area contributed by atoms with E-state index in [1.165, 1.54) is 23.2 Å². The predicted molar refractivity (Wildman–Crippen MR) is 129 cm³/mol. The molecule has 186 valence electrons. The third-order valence-corrected chi connectivity index (χ3v) is 6.10. The van der Waals surface area contributed by atoms with Crippen LogP contribution in [0.1, 0.15) is 17.5 Å². The molecule has 6 nitrogen and oxygen atoms in total. The molecule has 0 radical (unpaired) electrons. The van der Waals surface area contributed by atoms with Gasteiger partial charge in [-0.05, 0) is 60.9 Å². The maximum absolute atomic E-state index is 13.3. The summed E-state index contributed by atoms with van der Waals surface area (Å²) < 4.78 is 45.7. The fraction of sp³-hybridized carbons (Fsp3) is 0.185. The molecule has 1 heterocycles. The Labute approximate surface area is 206 Å². The second-order valence-corrected chi connectivity index (χ2v) is 8.75. The SMILES string of the molecule is NC(=O)C1=CN(c2cccc(C(F)(F)F)c2)CC(Cc2ccc(Oc3ccccc3)cc2)(C(N)=O)C1. The summed E-state index contributed by atoms with van der Waals surface area (Å²) in [6, 6.07) is 20.9. The van der Waals surface area contributed by atoms with E-state index < -0.39 is 29.0 Å². The lowest BCUT2D eigenvalue weighted by molar-refractivity contribution is -0.137. The number of carbonyl (C=O) groups is 2. The smallest absolute Gasteiger partial charge is 0.416 e. The second kappa shape index (κ2) is 9.77. The van der Waals surface area contributed by atoms with Crippen molar-refractivity contribution < 1.29 is 27.5 Å². The van der Waals surface area contributed by atoms with Crippen molar-refractivity contribution in [3.8, 4) is 11.5 Å². The number of hydrogen-bond donors (Lipinski definition) is 2. The quantitative estimate of drug-likeness (QED) is 0.492. The van der Waals surface area contributed by atoms with Crippen LogP contribution in [0.15, 0.2) is 90.6 Å². The average Bonchev–Trinajstić information content (AvgIpc) is 2.85. The fourth-order valence-electron chi connectivity index (χ4n) is 4.26. The van der Waals surface area contributed by atoms with Crippen LogP contribution in [0.3, 0.4) is 0 Å². The molecule has 0 aliphatic carbocycles. The molecule has 1 unspecified atom stereocenters. The number of amides is 2. The molecule has 0 saturated heterocycles. The maximum atomic E-state index is 13.3. The van der Waals surface area contributed by atoms with Gasteiger partial charge >= 0.3 is 6.18 Å². The van der Waals surface area contributed by atoms with Crippen LogP contribution in [-0.4, -0.2) is 18.4 Å². The van der Waals surface area contributed by atoms with Gasteiger partial charge in [-0.2, -0.15) is 13.2 Å². The second-order valence-electron chi connectivity index (χ2n) is 8.75. The van der Waals surface area contributed by atoms with Crippen molar-refractivity contribution >= 4 is 17.5 Å². The number of benzene rings is 3. The highest BCUT2D eigenvalue weighted by Gasteiger charge is 2.43. The Balaban J connectivity index is 1.63.